The molecule has 0 aliphatic rings. The molecule has 0 fully saturated rings. The number of hydrogen-bond donors (Lipinski definition) is 3. The number of ether oxygens (including phenoxy) is 1. The average molecular weight is 568 g/mol. The molecule has 2 rings (SSSR count). The van der Waals surface area contributed by atoms with Gasteiger partial charge in [-0.05, 0) is 81.8 Å². The van der Waals surface area contributed by atoms with Gasteiger partial charge in [0.05, 0.1) is 0 Å². The van der Waals surface area contributed by atoms with Crippen molar-refractivity contribution in [2.24, 2.45) is 5.92 Å². The van der Waals surface area contributed by atoms with E-state index in [1.54, 1.807) is 50.8 Å². The van der Waals surface area contributed by atoms with Crippen molar-refractivity contribution < 1.29 is 24.2 Å². The second-order valence-electron chi connectivity index (χ2n) is 12.1. The maximum atomic E-state index is 14.3. The summed E-state index contributed by atoms with van der Waals surface area (Å²) in [5.74, 6) is -0.891. The Morgan fingerprint density at radius 3 is 2.20 bits per heavy atom. The zero-order valence-electron chi connectivity index (χ0n) is 26.0. The van der Waals surface area contributed by atoms with E-state index in [-0.39, 0.29) is 23.5 Å². The van der Waals surface area contributed by atoms with E-state index in [0.29, 0.717) is 29.8 Å². The lowest BCUT2D eigenvalue weighted by atomic mass is 9.97. The third kappa shape index (κ3) is 10.4. The van der Waals surface area contributed by atoms with Crippen LogP contribution in [-0.2, 0) is 14.3 Å². The minimum absolute atomic E-state index is 0.107. The van der Waals surface area contributed by atoms with Gasteiger partial charge >= 0.3 is 6.09 Å². The molecule has 0 spiro atoms. The summed E-state index contributed by atoms with van der Waals surface area (Å²) in [5.41, 5.74) is 1.99. The number of phenolic OH excluding ortho intramolecular Hbond substituents is 1. The van der Waals surface area contributed by atoms with E-state index >= 15 is 0 Å². The normalized spacial score (nSPS) is 12.9. The van der Waals surface area contributed by atoms with Gasteiger partial charge in [-0.25, -0.2) is 4.79 Å². The standard InChI is InChI=1S/C33H49N3O5/c1-9-10-11-12-15-20-36(31(39)28(22(2)3)35-32(40)41-33(6,7)8)29(25-18-19-27(37)24(5)21-25)30(38)34-26-17-14-13-16-23(26)4/h13-14,16-19,21-22,28-29,37H,9-12,15,20H2,1-8H3,(H,34,38)(H,35,40). The fraction of sp³-hybridized carbons (Fsp3) is 0.545. The van der Waals surface area contributed by atoms with Crippen LogP contribution in [0.5, 0.6) is 5.75 Å². The van der Waals surface area contributed by atoms with Gasteiger partial charge in [0.2, 0.25) is 5.91 Å². The van der Waals surface area contributed by atoms with E-state index in [0.717, 1.165) is 31.2 Å². The molecule has 41 heavy (non-hydrogen) atoms. The largest absolute Gasteiger partial charge is 0.508 e. The Labute approximate surface area is 245 Å². The number of aromatic hydroxyl groups is 1. The number of unbranched alkanes of at least 4 members (excludes halogenated alkanes) is 4. The second-order valence-corrected chi connectivity index (χ2v) is 12.1. The Bertz CT molecular complexity index is 1170. The molecule has 0 aliphatic carbocycles. The van der Waals surface area contributed by atoms with Crippen molar-refractivity contribution in [3.8, 4) is 5.75 Å². The Morgan fingerprint density at radius 1 is 0.951 bits per heavy atom. The summed E-state index contributed by atoms with van der Waals surface area (Å²) >= 11 is 0. The van der Waals surface area contributed by atoms with Gasteiger partial charge in [0.25, 0.3) is 5.91 Å². The molecular formula is C33H49N3O5. The predicted molar refractivity (Wildman–Crippen MR) is 164 cm³/mol. The van der Waals surface area contributed by atoms with E-state index in [1.165, 1.54) is 0 Å². The smallest absolute Gasteiger partial charge is 0.408 e. The summed E-state index contributed by atoms with van der Waals surface area (Å²) in [6.07, 6.45) is 4.14. The van der Waals surface area contributed by atoms with Crippen molar-refractivity contribution in [2.75, 3.05) is 11.9 Å². The summed E-state index contributed by atoms with van der Waals surface area (Å²) in [4.78, 5) is 42.7. The van der Waals surface area contributed by atoms with Gasteiger partial charge in [0, 0.05) is 12.2 Å². The van der Waals surface area contributed by atoms with Crippen LogP contribution in [0.3, 0.4) is 0 Å². The highest BCUT2D eigenvalue weighted by atomic mass is 16.6. The van der Waals surface area contributed by atoms with E-state index in [4.69, 9.17) is 4.74 Å². The first kappa shape index (κ1) is 33.7. The van der Waals surface area contributed by atoms with Crippen LogP contribution >= 0.6 is 0 Å². The Balaban J connectivity index is 2.56. The average Bonchev–Trinajstić information content (AvgIpc) is 2.88. The number of anilines is 1. The number of benzene rings is 2. The minimum Gasteiger partial charge on any atom is -0.508 e. The zero-order chi connectivity index (χ0) is 30.7. The van der Waals surface area contributed by atoms with Gasteiger partial charge < -0.3 is 25.4 Å². The molecule has 2 atom stereocenters. The summed E-state index contributed by atoms with van der Waals surface area (Å²) in [6, 6.07) is 10.5. The number of aryl methyl sites for hydroxylation is 2. The van der Waals surface area contributed by atoms with Gasteiger partial charge in [-0.1, -0.05) is 70.7 Å². The molecule has 0 aromatic heterocycles. The fourth-order valence-corrected chi connectivity index (χ4v) is 4.61. The van der Waals surface area contributed by atoms with Crippen molar-refractivity contribution in [2.45, 2.75) is 105 Å². The lowest BCUT2D eigenvalue weighted by Gasteiger charge is -2.36. The van der Waals surface area contributed by atoms with Gasteiger partial charge in [0.1, 0.15) is 23.4 Å². The van der Waals surface area contributed by atoms with E-state index in [9.17, 15) is 19.5 Å². The number of para-hydroxylation sites is 1. The molecule has 2 aromatic rings. The lowest BCUT2D eigenvalue weighted by Crippen LogP contribution is -2.54. The van der Waals surface area contributed by atoms with Crippen LogP contribution in [0.15, 0.2) is 42.5 Å². The van der Waals surface area contributed by atoms with Crippen LogP contribution in [0.2, 0.25) is 0 Å². The Morgan fingerprint density at radius 2 is 1.61 bits per heavy atom. The SMILES string of the molecule is CCCCCCCN(C(=O)C(NC(=O)OC(C)(C)C)C(C)C)C(C(=O)Nc1ccccc1C)c1ccc(O)c(C)c1. The molecule has 3 amide bonds. The molecule has 0 bridgehead atoms. The number of alkyl carbamates (subject to hydrolysis) is 1. The molecule has 8 heteroatoms. The molecule has 0 aliphatic heterocycles. The van der Waals surface area contributed by atoms with Gasteiger partial charge in [-0.2, -0.15) is 0 Å². The summed E-state index contributed by atoms with van der Waals surface area (Å²) < 4.78 is 5.46. The van der Waals surface area contributed by atoms with Crippen LogP contribution in [0.4, 0.5) is 10.5 Å². The van der Waals surface area contributed by atoms with Gasteiger partial charge in [0.15, 0.2) is 0 Å². The Kier molecular flexibility index (Phi) is 12.7. The number of phenols is 1. The van der Waals surface area contributed by atoms with Crippen LogP contribution in [0.25, 0.3) is 0 Å². The number of nitrogens with zero attached hydrogens (tertiary/aromatic N) is 1. The number of nitrogens with one attached hydrogen (secondary N) is 2. The lowest BCUT2D eigenvalue weighted by molar-refractivity contribution is -0.141. The minimum atomic E-state index is -0.991. The highest BCUT2D eigenvalue weighted by Gasteiger charge is 2.37. The summed E-state index contributed by atoms with van der Waals surface area (Å²) in [7, 11) is 0. The second kappa shape index (κ2) is 15.5. The van der Waals surface area contributed by atoms with Crippen LogP contribution in [-0.4, -0.2) is 46.1 Å². The molecule has 2 unspecified atom stereocenters. The van der Waals surface area contributed by atoms with Gasteiger partial charge in [-0.3, -0.25) is 9.59 Å². The predicted octanol–water partition coefficient (Wildman–Crippen LogP) is 7.04. The van der Waals surface area contributed by atoms with E-state index < -0.39 is 23.8 Å². The van der Waals surface area contributed by atoms with Crippen molar-refractivity contribution in [1.29, 1.82) is 0 Å². The van der Waals surface area contributed by atoms with Gasteiger partial charge in [-0.15, -0.1) is 0 Å². The van der Waals surface area contributed by atoms with E-state index in [1.807, 2.05) is 45.0 Å². The van der Waals surface area contributed by atoms with Crippen LogP contribution < -0.4 is 10.6 Å². The molecule has 0 saturated heterocycles. The first-order chi connectivity index (χ1) is 19.2. The first-order valence-electron chi connectivity index (χ1n) is 14.7. The monoisotopic (exact) mass is 567 g/mol. The topological polar surface area (TPSA) is 108 Å². The molecule has 8 nitrogen and oxygen atoms in total. The first-order valence-corrected chi connectivity index (χ1v) is 14.7. The number of carbonyl (C=O) groups is 3. The van der Waals surface area contributed by atoms with Crippen molar-refractivity contribution in [1.82, 2.24) is 10.2 Å². The maximum absolute atomic E-state index is 14.3. The van der Waals surface area contributed by atoms with Crippen LogP contribution in [0.1, 0.15) is 96.4 Å². The highest BCUT2D eigenvalue weighted by Crippen LogP contribution is 2.30. The third-order valence-corrected chi connectivity index (χ3v) is 6.89. The molecule has 0 heterocycles. The van der Waals surface area contributed by atoms with Crippen molar-refractivity contribution in [3.63, 3.8) is 0 Å². The molecule has 0 saturated carbocycles. The van der Waals surface area contributed by atoms with Crippen LogP contribution in [0, 0.1) is 19.8 Å². The molecule has 2 aromatic carbocycles. The highest BCUT2D eigenvalue weighted by molar-refractivity contribution is 5.99. The molecule has 3 N–H and O–H groups in total. The maximum Gasteiger partial charge on any atom is 0.408 e. The number of amides is 3. The zero-order valence-corrected chi connectivity index (χ0v) is 26.0. The summed E-state index contributed by atoms with van der Waals surface area (Å²) in [5, 5.41) is 16.0. The molecular weight excluding hydrogens is 518 g/mol. The summed E-state index contributed by atoms with van der Waals surface area (Å²) in [6.45, 7) is 15.1. The van der Waals surface area contributed by atoms with Crippen molar-refractivity contribution >= 4 is 23.6 Å². The fourth-order valence-electron chi connectivity index (χ4n) is 4.61. The number of hydrogen-bond acceptors (Lipinski definition) is 5. The Hall–Kier alpha value is -3.55. The number of rotatable bonds is 13. The molecule has 0 radical (unpaired) electrons. The third-order valence-electron chi connectivity index (χ3n) is 6.89. The number of carbonyl (C=O) groups excluding carboxylic acids is 3. The molecule has 226 valence electrons. The van der Waals surface area contributed by atoms with E-state index in [2.05, 4.69) is 17.6 Å². The van der Waals surface area contributed by atoms with Crippen molar-refractivity contribution in [3.05, 3.63) is 59.2 Å². The quantitative estimate of drug-likeness (QED) is 0.225.